The number of nitrogens with zero attached hydrogens (tertiary/aromatic N) is 2. The fourth-order valence-corrected chi connectivity index (χ4v) is 4.22. The maximum absolute atomic E-state index is 13.2. The van der Waals surface area contributed by atoms with Gasteiger partial charge in [-0.05, 0) is 37.8 Å². The molecule has 3 amide bonds. The molecule has 12 nitrogen and oxygen atoms in total. The number of amidine groups is 1. The quantitative estimate of drug-likeness (QED) is 0.143. The van der Waals surface area contributed by atoms with Crippen molar-refractivity contribution in [2.24, 2.45) is 0 Å². The van der Waals surface area contributed by atoms with Crippen LogP contribution in [0.4, 0.5) is 4.79 Å². The van der Waals surface area contributed by atoms with Gasteiger partial charge < -0.3 is 35.2 Å². The molecule has 6 N–H and O–H groups in total. The van der Waals surface area contributed by atoms with Crippen molar-refractivity contribution in [3.05, 3.63) is 23.3 Å². The van der Waals surface area contributed by atoms with E-state index in [4.69, 9.17) is 10.1 Å². The maximum Gasteiger partial charge on any atom is 0.476 e. The number of urea groups is 1. The molecule has 1 aromatic rings. The van der Waals surface area contributed by atoms with Crippen LogP contribution in [0.1, 0.15) is 35.7 Å². The number of aromatic carboxylic acids is 1. The number of carbonyl (C=O) groups excluding carboxylic acids is 2. The summed E-state index contributed by atoms with van der Waals surface area (Å²) in [5.74, 6) is -3.95. The molecule has 1 aromatic carbocycles. The number of amides is 3. The number of carboxylic acid groups (broad SMARTS) is 1. The molecule has 0 radical (unpaired) electrons. The number of likely N-dealkylation sites (tertiary alicyclic amines) is 1. The Morgan fingerprint density at radius 1 is 1.31 bits per heavy atom. The molecule has 2 fully saturated rings. The minimum Gasteiger partial charge on any atom is -0.507 e. The van der Waals surface area contributed by atoms with Crippen LogP contribution in [0.3, 0.4) is 0 Å². The van der Waals surface area contributed by atoms with Gasteiger partial charge in [0.2, 0.25) is 0 Å². The van der Waals surface area contributed by atoms with Crippen LogP contribution < -0.4 is 10.1 Å². The van der Waals surface area contributed by atoms with Crippen LogP contribution in [0.2, 0.25) is 0 Å². The minimum atomic E-state index is -2.14. The number of piperidine rings is 1. The van der Waals surface area contributed by atoms with E-state index >= 15 is 0 Å². The van der Waals surface area contributed by atoms with E-state index in [1.165, 1.54) is 19.2 Å². The zero-order valence-electron chi connectivity index (χ0n) is 17.7. The van der Waals surface area contributed by atoms with Crippen LogP contribution in [0.25, 0.3) is 0 Å². The molecule has 0 aliphatic carbocycles. The van der Waals surface area contributed by atoms with Crippen molar-refractivity contribution in [1.82, 2.24) is 15.1 Å². The average Bonchev–Trinajstić information content (AvgIpc) is 2.96. The summed E-state index contributed by atoms with van der Waals surface area (Å²) < 4.78 is 4.94. The van der Waals surface area contributed by atoms with Gasteiger partial charge in [-0.15, -0.1) is 0 Å². The first-order chi connectivity index (χ1) is 15.0. The summed E-state index contributed by atoms with van der Waals surface area (Å²) in [5.41, 5.74) is -1.74. The zero-order chi connectivity index (χ0) is 23.8. The first-order valence-corrected chi connectivity index (χ1v) is 9.96. The van der Waals surface area contributed by atoms with Gasteiger partial charge in [0.25, 0.3) is 5.91 Å². The lowest BCUT2D eigenvalue weighted by atomic mass is 9.74. The first kappa shape index (κ1) is 23.4. The molecule has 1 spiro atoms. The fraction of sp³-hybridized carbons (Fsp3) is 0.474. The highest BCUT2D eigenvalue weighted by atomic mass is 16.5. The molecule has 13 heteroatoms. The van der Waals surface area contributed by atoms with Crippen molar-refractivity contribution in [3.8, 4) is 11.5 Å². The number of ether oxygens (including phenoxy) is 1. The molecule has 1 atom stereocenters. The van der Waals surface area contributed by atoms with Crippen molar-refractivity contribution in [2.75, 3.05) is 20.2 Å². The summed E-state index contributed by atoms with van der Waals surface area (Å²) in [7, 11) is -0.905. The molecule has 2 saturated heterocycles. The van der Waals surface area contributed by atoms with E-state index in [0.717, 1.165) is 4.90 Å². The van der Waals surface area contributed by atoms with Crippen molar-refractivity contribution in [2.45, 2.75) is 37.7 Å². The Bertz CT molecular complexity index is 961. The Morgan fingerprint density at radius 2 is 1.94 bits per heavy atom. The number of nitrogens with one attached hydrogen (secondary N) is 2. The highest BCUT2D eigenvalue weighted by Crippen LogP contribution is 2.35. The van der Waals surface area contributed by atoms with Gasteiger partial charge >= 0.3 is 19.1 Å². The third-order valence-electron chi connectivity index (χ3n) is 6.05. The second-order valence-corrected chi connectivity index (χ2v) is 7.90. The Kier molecular flexibility index (Phi) is 6.33. The Labute approximate surface area is 184 Å². The summed E-state index contributed by atoms with van der Waals surface area (Å²) in [6.07, 6.45) is 0.0969. The van der Waals surface area contributed by atoms with Crippen LogP contribution in [0, 0.1) is 5.41 Å². The molecule has 0 unspecified atom stereocenters. The monoisotopic (exact) mass is 448 g/mol. The molecule has 0 bridgehead atoms. The third kappa shape index (κ3) is 3.96. The van der Waals surface area contributed by atoms with Crippen molar-refractivity contribution in [1.29, 1.82) is 5.41 Å². The highest BCUT2D eigenvalue weighted by molar-refractivity contribution is 6.44. The van der Waals surface area contributed by atoms with E-state index < -0.39 is 54.2 Å². The first-order valence-electron chi connectivity index (χ1n) is 9.96. The summed E-state index contributed by atoms with van der Waals surface area (Å²) in [4.78, 5) is 40.0. The van der Waals surface area contributed by atoms with E-state index in [0.29, 0.717) is 18.9 Å². The van der Waals surface area contributed by atoms with E-state index in [9.17, 15) is 34.6 Å². The van der Waals surface area contributed by atoms with Crippen molar-refractivity contribution in [3.63, 3.8) is 0 Å². The normalized spacial score (nSPS) is 18.5. The number of benzene rings is 1. The van der Waals surface area contributed by atoms with Crippen LogP contribution >= 0.6 is 0 Å². The van der Waals surface area contributed by atoms with Gasteiger partial charge in [0, 0.05) is 13.1 Å². The second kappa shape index (κ2) is 8.67. The third-order valence-corrected chi connectivity index (χ3v) is 6.05. The number of aromatic hydroxyl groups is 1. The molecule has 0 aromatic heterocycles. The smallest absolute Gasteiger partial charge is 0.476 e. The summed E-state index contributed by atoms with van der Waals surface area (Å²) in [6.45, 7) is 2.38. The van der Waals surface area contributed by atoms with Gasteiger partial charge in [-0.2, -0.15) is 0 Å². The molecule has 3 rings (SSSR count). The number of carbonyl (C=O) groups is 3. The molecule has 2 aliphatic rings. The van der Waals surface area contributed by atoms with Crippen LogP contribution in [0.5, 0.6) is 11.5 Å². The SMILES string of the molecule is COc1ccc(C[C@@H](B(O)O)N2C(=O)NC3(CCN(C(C)=N)CC3)C2=O)c(O)c1C(=O)O. The summed E-state index contributed by atoms with van der Waals surface area (Å²) in [6, 6.07) is 1.82. The van der Waals surface area contributed by atoms with E-state index in [-0.39, 0.29) is 24.2 Å². The van der Waals surface area contributed by atoms with E-state index in [1.807, 2.05) is 0 Å². The van der Waals surface area contributed by atoms with Crippen molar-refractivity contribution >= 4 is 30.9 Å². The van der Waals surface area contributed by atoms with Gasteiger partial charge in [-0.1, -0.05) is 6.07 Å². The van der Waals surface area contributed by atoms with Gasteiger partial charge in [-0.3, -0.25) is 15.1 Å². The lowest BCUT2D eigenvalue weighted by Gasteiger charge is -2.38. The zero-order valence-corrected chi connectivity index (χ0v) is 17.7. The number of hydrogen-bond acceptors (Lipinski definition) is 8. The number of phenols is 1. The maximum atomic E-state index is 13.2. The van der Waals surface area contributed by atoms with Gasteiger partial charge in [-0.25, -0.2) is 9.59 Å². The van der Waals surface area contributed by atoms with Gasteiger partial charge in [0.15, 0.2) is 0 Å². The largest absolute Gasteiger partial charge is 0.507 e. The predicted molar refractivity (Wildman–Crippen MR) is 112 cm³/mol. The van der Waals surface area contributed by atoms with E-state index in [1.54, 1.807) is 11.8 Å². The fourth-order valence-electron chi connectivity index (χ4n) is 4.22. The number of carboxylic acids is 1. The van der Waals surface area contributed by atoms with Crippen molar-refractivity contribution < 1.29 is 39.4 Å². The lowest BCUT2D eigenvalue weighted by Crippen LogP contribution is -2.57. The van der Waals surface area contributed by atoms with E-state index in [2.05, 4.69) is 5.32 Å². The topological polar surface area (TPSA) is 184 Å². The van der Waals surface area contributed by atoms with Crippen LogP contribution in [0.15, 0.2) is 12.1 Å². The Balaban J connectivity index is 1.89. The molecular formula is C19H25BN4O8. The molecule has 2 heterocycles. The van der Waals surface area contributed by atoms with Gasteiger partial charge in [0.05, 0.1) is 18.9 Å². The summed E-state index contributed by atoms with van der Waals surface area (Å²) >= 11 is 0. The Hall–Kier alpha value is -3.32. The molecule has 172 valence electrons. The lowest BCUT2D eigenvalue weighted by molar-refractivity contribution is -0.133. The number of imide groups is 1. The Morgan fingerprint density at radius 3 is 2.44 bits per heavy atom. The molecule has 32 heavy (non-hydrogen) atoms. The second-order valence-electron chi connectivity index (χ2n) is 7.90. The number of rotatable bonds is 6. The van der Waals surface area contributed by atoms with Crippen LogP contribution in [-0.4, -0.2) is 92.6 Å². The minimum absolute atomic E-state index is 0.00268. The highest BCUT2D eigenvalue weighted by Gasteiger charge is 2.55. The van der Waals surface area contributed by atoms with Gasteiger partial charge in [0.1, 0.15) is 22.6 Å². The number of hydrogen-bond donors (Lipinski definition) is 6. The molecule has 2 aliphatic heterocycles. The number of methoxy groups -OCH3 is 1. The summed E-state index contributed by atoms with van der Waals surface area (Å²) in [5, 5.41) is 50.1. The molecular weight excluding hydrogens is 423 g/mol. The average molecular weight is 448 g/mol. The standard InChI is InChI=1S/C19H25BN4O8/c1-10(21)23-7-5-19(6-8-23)17(28)24(18(29)22-19)13(20(30)31)9-11-3-4-12(32-2)14(15(11)25)16(26)27/h3-4,13,21,25,30-31H,5-9H2,1-2H3,(H,22,29)(H,26,27)/t13-/m0/s1. The van der Waals surface area contributed by atoms with Crippen LogP contribution in [-0.2, 0) is 11.2 Å². The molecule has 0 saturated carbocycles. The predicted octanol–water partition coefficient (Wildman–Crippen LogP) is -0.594.